The smallest absolute Gasteiger partial charge is 0.266 e. The summed E-state index contributed by atoms with van der Waals surface area (Å²) in [5.41, 5.74) is 26.2. The van der Waals surface area contributed by atoms with Gasteiger partial charge in [0, 0.05) is 58.7 Å². The second-order valence-corrected chi connectivity index (χ2v) is 11.4. The number of nitrogens with one attached hydrogen (secondary N) is 2. The number of aliphatic hydroxyl groups is 1. The highest BCUT2D eigenvalue weighted by atomic mass is 16.5. The Morgan fingerprint density at radius 1 is 0.941 bits per heavy atom. The number of carbonyl (C=O) groups is 1. The number of carbonyl (C=O) groups excluding carboxylic acids is 1. The maximum absolute atomic E-state index is 14.7. The lowest BCUT2D eigenvalue weighted by atomic mass is 9.80. The number of aliphatic imine (C=N–C) groups is 1. The molecule has 15 heteroatoms. The minimum atomic E-state index is -1.67. The van der Waals surface area contributed by atoms with Crippen molar-refractivity contribution in [2.45, 2.75) is 37.6 Å². The van der Waals surface area contributed by atoms with Gasteiger partial charge in [0.05, 0.1) is 27.4 Å². The van der Waals surface area contributed by atoms with E-state index in [0.717, 1.165) is 5.56 Å². The minimum absolute atomic E-state index is 0.0141. The Bertz CT molecular complexity index is 1940. The predicted molar refractivity (Wildman–Crippen MR) is 190 cm³/mol. The number of aliphatic hydroxyl groups excluding tert-OH is 1. The van der Waals surface area contributed by atoms with E-state index in [-0.39, 0.29) is 37.7 Å². The molecule has 51 heavy (non-hydrogen) atoms. The summed E-state index contributed by atoms with van der Waals surface area (Å²) in [4.78, 5) is 25.7. The van der Waals surface area contributed by atoms with Crippen LogP contribution in [0.4, 0.5) is 5.69 Å². The molecule has 3 N–H and O–H groups in total. The summed E-state index contributed by atoms with van der Waals surface area (Å²) in [5, 5.41) is 16.8. The number of methoxy groups -OCH3 is 2. The second-order valence-electron chi connectivity index (χ2n) is 11.4. The van der Waals surface area contributed by atoms with Crippen LogP contribution < -0.4 is 25.1 Å². The zero-order chi connectivity index (χ0) is 36.1. The average Bonchev–Trinajstić information content (AvgIpc) is 3.55. The Morgan fingerprint density at radius 3 is 2.33 bits per heavy atom. The molecule has 1 aliphatic rings. The van der Waals surface area contributed by atoms with Crippen molar-refractivity contribution in [2.75, 3.05) is 27.4 Å². The molecule has 4 aromatic carbocycles. The third-order valence-electron chi connectivity index (χ3n) is 8.19. The Hall–Kier alpha value is -6.24. The van der Waals surface area contributed by atoms with Gasteiger partial charge in [0.1, 0.15) is 17.2 Å². The van der Waals surface area contributed by atoms with E-state index in [1.165, 1.54) is 0 Å². The van der Waals surface area contributed by atoms with E-state index in [0.29, 0.717) is 52.5 Å². The molecule has 0 spiro atoms. The lowest BCUT2D eigenvalue weighted by molar-refractivity contribution is -0.130. The highest BCUT2D eigenvalue weighted by Gasteiger charge is 2.54. The molecule has 1 amide bonds. The standard InChI is InChI=1S/C36H37N9O6/c1-48-29-18-24(19-30(20-29)49-2)22-39-43-35(47)36(21-26-8-3-4-9-27(26)23-40-44-37)33(31-10-5-6-11-32(31)42-45-38)51-34(41-36)25-12-14-28(15-13-25)50-17-7-16-46/h3-6,8-15,18-20,33,39,46H,7,16-17,21-23H2,1-2H3,(H,43,47)/t33-,36-/m0/s1. The van der Waals surface area contributed by atoms with Crippen molar-refractivity contribution in [1.29, 1.82) is 0 Å². The van der Waals surface area contributed by atoms with Gasteiger partial charge < -0.3 is 24.1 Å². The Morgan fingerprint density at radius 2 is 1.65 bits per heavy atom. The molecule has 5 rings (SSSR count). The summed E-state index contributed by atoms with van der Waals surface area (Å²) >= 11 is 0. The summed E-state index contributed by atoms with van der Waals surface area (Å²) in [6, 6.07) is 26.6. The van der Waals surface area contributed by atoms with E-state index < -0.39 is 17.6 Å². The van der Waals surface area contributed by atoms with Crippen molar-refractivity contribution in [2.24, 2.45) is 15.2 Å². The number of ether oxygens (including phenoxy) is 4. The van der Waals surface area contributed by atoms with Crippen LogP contribution in [0.15, 0.2) is 106 Å². The number of rotatable bonds is 17. The SMILES string of the molecule is COc1cc(CNNC(=O)[C@@]2(Cc3ccccc3CN=[N+]=[N-])N=C(c3ccc(OCCCO)cc3)O[C@H]2c2ccccc2N=[N+]=[N-])cc(OC)c1. The lowest BCUT2D eigenvalue weighted by Gasteiger charge is -2.32. The van der Waals surface area contributed by atoms with Crippen LogP contribution in [0, 0.1) is 0 Å². The van der Waals surface area contributed by atoms with Crippen LogP contribution in [0.5, 0.6) is 17.2 Å². The molecule has 0 saturated heterocycles. The van der Waals surface area contributed by atoms with E-state index in [4.69, 9.17) is 34.6 Å². The number of amides is 1. The quantitative estimate of drug-likeness (QED) is 0.0366. The molecule has 0 aromatic heterocycles. The number of azide groups is 2. The van der Waals surface area contributed by atoms with Gasteiger partial charge in [0.2, 0.25) is 5.90 Å². The van der Waals surface area contributed by atoms with Crippen molar-refractivity contribution < 1.29 is 28.8 Å². The normalized spacial score (nSPS) is 16.1. The number of hydrogen-bond donors (Lipinski definition) is 3. The van der Waals surface area contributed by atoms with Crippen molar-refractivity contribution >= 4 is 17.5 Å². The van der Waals surface area contributed by atoms with Gasteiger partial charge in [-0.1, -0.05) is 58.8 Å². The third kappa shape index (κ3) is 8.68. The summed E-state index contributed by atoms with van der Waals surface area (Å²) in [5.74, 6) is 1.41. The summed E-state index contributed by atoms with van der Waals surface area (Å²) in [6.07, 6.45) is -0.561. The molecule has 2 atom stereocenters. The predicted octanol–water partition coefficient (Wildman–Crippen LogP) is 6.54. The van der Waals surface area contributed by atoms with Crippen LogP contribution in [0.2, 0.25) is 0 Å². The first-order chi connectivity index (χ1) is 24.9. The first-order valence-electron chi connectivity index (χ1n) is 16.0. The molecule has 0 radical (unpaired) electrons. The van der Waals surface area contributed by atoms with Crippen molar-refractivity contribution in [3.8, 4) is 17.2 Å². The fourth-order valence-electron chi connectivity index (χ4n) is 5.69. The topological polar surface area (TPSA) is 208 Å². The van der Waals surface area contributed by atoms with Crippen molar-refractivity contribution in [3.05, 3.63) is 140 Å². The maximum atomic E-state index is 14.7. The summed E-state index contributed by atoms with van der Waals surface area (Å²) in [7, 11) is 3.11. The molecule has 1 heterocycles. The lowest BCUT2D eigenvalue weighted by Crippen LogP contribution is -2.53. The number of nitrogens with zero attached hydrogens (tertiary/aromatic N) is 7. The molecule has 0 aliphatic carbocycles. The van der Waals surface area contributed by atoms with Gasteiger partial charge in [-0.05, 0) is 64.2 Å². The fraction of sp³-hybridized carbons (Fsp3) is 0.278. The van der Waals surface area contributed by atoms with E-state index in [1.807, 2.05) is 36.4 Å². The van der Waals surface area contributed by atoms with Crippen molar-refractivity contribution in [3.63, 3.8) is 0 Å². The van der Waals surface area contributed by atoms with Crippen LogP contribution >= 0.6 is 0 Å². The monoisotopic (exact) mass is 691 g/mol. The molecule has 1 aliphatic heterocycles. The van der Waals surface area contributed by atoms with Gasteiger partial charge in [-0.2, -0.15) is 0 Å². The van der Waals surface area contributed by atoms with Gasteiger partial charge in [-0.15, -0.1) is 0 Å². The molecule has 0 fully saturated rings. The zero-order valence-corrected chi connectivity index (χ0v) is 28.1. The molecule has 0 unspecified atom stereocenters. The average molecular weight is 692 g/mol. The molecular weight excluding hydrogens is 654 g/mol. The highest BCUT2D eigenvalue weighted by Crippen LogP contribution is 2.45. The van der Waals surface area contributed by atoms with Crippen LogP contribution in [0.1, 0.15) is 40.3 Å². The number of hydrogen-bond acceptors (Lipinski definition) is 10. The number of hydrazine groups is 1. The van der Waals surface area contributed by atoms with Gasteiger partial charge in [0.25, 0.3) is 5.91 Å². The fourth-order valence-corrected chi connectivity index (χ4v) is 5.69. The van der Waals surface area contributed by atoms with Gasteiger partial charge in [-0.3, -0.25) is 10.2 Å². The van der Waals surface area contributed by atoms with Gasteiger partial charge in [-0.25, -0.2) is 10.4 Å². The van der Waals surface area contributed by atoms with E-state index in [2.05, 4.69) is 30.9 Å². The summed E-state index contributed by atoms with van der Waals surface area (Å²) < 4.78 is 23.1. The maximum Gasteiger partial charge on any atom is 0.266 e. The van der Waals surface area contributed by atoms with Crippen LogP contribution in [-0.4, -0.2) is 49.9 Å². The van der Waals surface area contributed by atoms with Gasteiger partial charge >= 0.3 is 0 Å². The highest BCUT2D eigenvalue weighted by molar-refractivity contribution is 6.01. The first kappa shape index (κ1) is 36.1. The molecular formula is C36H37N9O6. The Balaban J connectivity index is 1.60. The minimum Gasteiger partial charge on any atom is -0.497 e. The van der Waals surface area contributed by atoms with Crippen LogP contribution in [-0.2, 0) is 29.0 Å². The van der Waals surface area contributed by atoms with E-state index in [1.54, 1.807) is 68.8 Å². The first-order valence-corrected chi connectivity index (χ1v) is 16.0. The largest absolute Gasteiger partial charge is 0.497 e. The Kier molecular flexibility index (Phi) is 12.3. The molecule has 15 nitrogen and oxygen atoms in total. The molecule has 0 saturated carbocycles. The zero-order valence-electron chi connectivity index (χ0n) is 28.1. The Labute approximate surface area is 294 Å². The van der Waals surface area contributed by atoms with Crippen LogP contribution in [0.25, 0.3) is 20.9 Å². The molecule has 4 aromatic rings. The second kappa shape index (κ2) is 17.4. The number of benzene rings is 4. The van der Waals surface area contributed by atoms with Crippen molar-refractivity contribution in [1.82, 2.24) is 10.9 Å². The molecule has 262 valence electrons. The van der Waals surface area contributed by atoms with Gasteiger partial charge in [0.15, 0.2) is 11.6 Å². The van der Waals surface area contributed by atoms with Crippen LogP contribution in [0.3, 0.4) is 0 Å². The third-order valence-corrected chi connectivity index (χ3v) is 8.19. The molecule has 0 bridgehead atoms. The summed E-state index contributed by atoms with van der Waals surface area (Å²) in [6.45, 7) is 0.618. The van der Waals surface area contributed by atoms with E-state index in [9.17, 15) is 10.3 Å². The van der Waals surface area contributed by atoms with E-state index >= 15 is 0 Å².